The van der Waals surface area contributed by atoms with Crippen LogP contribution < -0.4 is 16.0 Å². The summed E-state index contributed by atoms with van der Waals surface area (Å²) in [4.78, 5) is 24.6. The van der Waals surface area contributed by atoms with Gasteiger partial charge in [0.2, 0.25) is 5.91 Å². The van der Waals surface area contributed by atoms with Crippen molar-refractivity contribution < 1.29 is 18.0 Å². The molecule has 1 aliphatic rings. The Hall–Kier alpha value is -1.51. The monoisotopic (exact) mass is 421 g/mol. The Balaban J connectivity index is 1.97. The molecule has 1 fully saturated rings. The predicted molar refractivity (Wildman–Crippen MR) is 102 cm³/mol. The molecule has 2 atom stereocenters. The minimum Gasteiger partial charge on any atom is -0.334 e. The second-order valence-corrected chi connectivity index (χ2v) is 9.60. The Morgan fingerprint density at radius 1 is 1.19 bits per heavy atom. The van der Waals surface area contributed by atoms with Gasteiger partial charge in [-0.1, -0.05) is 37.0 Å². The molecule has 144 valence electrons. The first kappa shape index (κ1) is 20.8. The van der Waals surface area contributed by atoms with Crippen molar-refractivity contribution in [3.05, 3.63) is 28.2 Å². The number of anilines is 1. The summed E-state index contributed by atoms with van der Waals surface area (Å²) < 4.78 is 22.9. The number of rotatable bonds is 5. The molecule has 0 aromatic heterocycles. The van der Waals surface area contributed by atoms with Crippen LogP contribution in [0.2, 0.25) is 10.0 Å². The van der Waals surface area contributed by atoms with E-state index in [1.54, 1.807) is 26.0 Å². The molecule has 0 spiro atoms. The number of nitrogens with one attached hydrogen (secondary N) is 3. The second-order valence-electron chi connectivity index (χ2n) is 6.56. The summed E-state index contributed by atoms with van der Waals surface area (Å²) in [6.07, 6.45) is 0.373. The third-order valence-corrected chi connectivity index (χ3v) is 6.50. The fourth-order valence-electron chi connectivity index (χ4n) is 2.61. The molecule has 2 rings (SSSR count). The molecule has 0 bridgehead atoms. The van der Waals surface area contributed by atoms with Crippen molar-refractivity contribution in [3.63, 3.8) is 0 Å². The lowest BCUT2D eigenvalue weighted by molar-refractivity contribution is -0.118. The van der Waals surface area contributed by atoms with E-state index < -0.39 is 33.9 Å². The smallest absolute Gasteiger partial charge is 0.315 e. The van der Waals surface area contributed by atoms with Gasteiger partial charge in [0.1, 0.15) is 6.04 Å². The first-order valence-electron chi connectivity index (χ1n) is 8.11. The van der Waals surface area contributed by atoms with E-state index in [9.17, 15) is 18.0 Å². The van der Waals surface area contributed by atoms with Crippen molar-refractivity contribution in [1.82, 2.24) is 10.6 Å². The van der Waals surface area contributed by atoms with Gasteiger partial charge in [0.25, 0.3) is 0 Å². The molecule has 1 heterocycles. The van der Waals surface area contributed by atoms with Crippen molar-refractivity contribution in [3.8, 4) is 0 Å². The summed E-state index contributed by atoms with van der Waals surface area (Å²) in [6.45, 7) is 3.58. The summed E-state index contributed by atoms with van der Waals surface area (Å²) in [5, 5.41) is 8.57. The lowest BCUT2D eigenvalue weighted by atomic mass is 10.0. The van der Waals surface area contributed by atoms with Gasteiger partial charge in [-0.25, -0.2) is 13.2 Å². The fourth-order valence-corrected chi connectivity index (χ4v) is 4.58. The Morgan fingerprint density at radius 3 is 2.42 bits per heavy atom. The maximum absolute atomic E-state index is 12.5. The zero-order valence-electron chi connectivity index (χ0n) is 14.4. The number of carbonyl (C=O) groups excluding carboxylic acids is 2. The Labute approximate surface area is 162 Å². The van der Waals surface area contributed by atoms with Crippen LogP contribution in [0.5, 0.6) is 0 Å². The average Bonchev–Trinajstić information content (AvgIpc) is 2.86. The van der Waals surface area contributed by atoms with Crippen LogP contribution in [0.3, 0.4) is 0 Å². The molecule has 0 saturated carbocycles. The van der Waals surface area contributed by atoms with E-state index in [1.807, 2.05) is 0 Å². The average molecular weight is 422 g/mol. The van der Waals surface area contributed by atoms with Crippen molar-refractivity contribution >= 4 is 50.7 Å². The number of halogens is 2. The molecule has 0 aliphatic carbocycles. The SMILES string of the molecule is CC(C)[C@H](NC(=O)NC1CCS(=O)(=O)C1)C(=O)Nc1ccc(Cl)c(Cl)c1. The molecular weight excluding hydrogens is 401 g/mol. The van der Waals surface area contributed by atoms with Crippen LogP contribution in [-0.2, 0) is 14.6 Å². The van der Waals surface area contributed by atoms with Crippen LogP contribution >= 0.6 is 23.2 Å². The number of urea groups is 1. The maximum atomic E-state index is 12.5. The third-order valence-electron chi connectivity index (χ3n) is 3.99. The molecule has 1 aliphatic heterocycles. The van der Waals surface area contributed by atoms with E-state index in [2.05, 4.69) is 16.0 Å². The highest BCUT2D eigenvalue weighted by molar-refractivity contribution is 7.91. The van der Waals surface area contributed by atoms with Crippen LogP contribution in [0.25, 0.3) is 0 Å². The largest absolute Gasteiger partial charge is 0.334 e. The van der Waals surface area contributed by atoms with Gasteiger partial charge in [-0.05, 0) is 30.5 Å². The first-order chi connectivity index (χ1) is 12.1. The number of amides is 3. The van der Waals surface area contributed by atoms with Crippen LogP contribution in [0.4, 0.5) is 10.5 Å². The van der Waals surface area contributed by atoms with Gasteiger partial charge in [0.15, 0.2) is 9.84 Å². The summed E-state index contributed by atoms with van der Waals surface area (Å²) in [7, 11) is -3.10. The quantitative estimate of drug-likeness (QED) is 0.678. The van der Waals surface area contributed by atoms with Crippen molar-refractivity contribution in [2.75, 3.05) is 16.8 Å². The zero-order chi connectivity index (χ0) is 19.5. The van der Waals surface area contributed by atoms with E-state index in [0.29, 0.717) is 22.2 Å². The number of benzene rings is 1. The summed E-state index contributed by atoms with van der Waals surface area (Å²) in [5.41, 5.74) is 0.458. The van der Waals surface area contributed by atoms with Gasteiger partial charge in [0, 0.05) is 11.7 Å². The molecule has 7 nitrogen and oxygen atoms in total. The molecule has 3 N–H and O–H groups in total. The van der Waals surface area contributed by atoms with E-state index >= 15 is 0 Å². The van der Waals surface area contributed by atoms with Gasteiger partial charge < -0.3 is 16.0 Å². The summed E-state index contributed by atoms with van der Waals surface area (Å²) in [5.74, 6) is -0.616. The molecule has 26 heavy (non-hydrogen) atoms. The third kappa shape index (κ3) is 5.75. The number of sulfone groups is 1. The molecule has 3 amide bonds. The fraction of sp³-hybridized carbons (Fsp3) is 0.500. The molecule has 10 heteroatoms. The topological polar surface area (TPSA) is 104 Å². The van der Waals surface area contributed by atoms with E-state index in [1.165, 1.54) is 6.07 Å². The number of hydrogen-bond donors (Lipinski definition) is 3. The number of hydrogen-bond acceptors (Lipinski definition) is 4. The molecule has 1 saturated heterocycles. The van der Waals surface area contributed by atoms with Crippen molar-refractivity contribution in [2.45, 2.75) is 32.4 Å². The molecule has 1 aromatic rings. The molecule has 0 radical (unpaired) electrons. The van der Waals surface area contributed by atoms with Gasteiger partial charge >= 0.3 is 6.03 Å². The lowest BCUT2D eigenvalue weighted by Crippen LogP contribution is -2.52. The number of carbonyl (C=O) groups is 2. The predicted octanol–water partition coefficient (Wildman–Crippen LogP) is 2.44. The van der Waals surface area contributed by atoms with Crippen LogP contribution in [0.15, 0.2) is 18.2 Å². The highest BCUT2D eigenvalue weighted by atomic mass is 35.5. The van der Waals surface area contributed by atoms with Crippen molar-refractivity contribution in [2.24, 2.45) is 5.92 Å². The zero-order valence-corrected chi connectivity index (χ0v) is 16.7. The van der Waals surface area contributed by atoms with Crippen molar-refractivity contribution in [1.29, 1.82) is 0 Å². The van der Waals surface area contributed by atoms with Gasteiger partial charge in [-0.2, -0.15) is 0 Å². The summed E-state index contributed by atoms with van der Waals surface area (Å²) >= 11 is 11.8. The minimum atomic E-state index is -3.10. The first-order valence-corrected chi connectivity index (χ1v) is 10.7. The van der Waals surface area contributed by atoms with Gasteiger partial charge in [-0.15, -0.1) is 0 Å². The van der Waals surface area contributed by atoms with E-state index in [-0.39, 0.29) is 17.4 Å². The molecule has 1 unspecified atom stereocenters. The van der Waals surface area contributed by atoms with E-state index in [4.69, 9.17) is 23.2 Å². The Morgan fingerprint density at radius 2 is 1.88 bits per heavy atom. The molecule has 1 aromatic carbocycles. The van der Waals surface area contributed by atoms with Crippen LogP contribution in [-0.4, -0.2) is 43.9 Å². The van der Waals surface area contributed by atoms with E-state index in [0.717, 1.165) is 0 Å². The standard InChI is InChI=1S/C16H21Cl2N3O4S/c1-9(2)14(15(22)19-10-3-4-12(17)13(18)7-10)21-16(23)20-11-5-6-26(24,25)8-11/h3-4,7,9,11,14H,5-6,8H2,1-2H3,(H,19,22)(H2,20,21,23)/t11?,14-/m0/s1. The highest BCUT2D eigenvalue weighted by Crippen LogP contribution is 2.25. The van der Waals surface area contributed by atoms with Gasteiger partial charge in [0.05, 0.1) is 21.6 Å². The minimum absolute atomic E-state index is 0.0589. The Kier molecular flexibility index (Phi) is 6.76. The maximum Gasteiger partial charge on any atom is 0.315 e. The molecular formula is C16H21Cl2N3O4S. The Bertz CT molecular complexity index is 799. The highest BCUT2D eigenvalue weighted by Gasteiger charge is 2.30. The van der Waals surface area contributed by atoms with Crippen LogP contribution in [0.1, 0.15) is 20.3 Å². The lowest BCUT2D eigenvalue weighted by Gasteiger charge is -2.23. The normalized spacial score (nSPS) is 19.8. The summed E-state index contributed by atoms with van der Waals surface area (Å²) in [6, 6.07) is 2.86. The van der Waals surface area contributed by atoms with Crippen LogP contribution in [0, 0.1) is 5.92 Å². The van der Waals surface area contributed by atoms with Gasteiger partial charge in [-0.3, -0.25) is 4.79 Å². The second kappa shape index (κ2) is 8.45.